The van der Waals surface area contributed by atoms with Crippen LogP contribution in [0.1, 0.15) is 10.6 Å². The number of hydrogen-bond acceptors (Lipinski definition) is 6. The number of carboxylic acids is 1. The van der Waals surface area contributed by atoms with E-state index < -0.39 is 12.1 Å². The smallest absolute Gasteiger partial charge is 0.373 e. The summed E-state index contributed by atoms with van der Waals surface area (Å²) in [4.78, 5) is 18.9. The van der Waals surface area contributed by atoms with E-state index in [-0.39, 0.29) is 18.2 Å². The second-order valence-corrected chi connectivity index (χ2v) is 4.83. The van der Waals surface area contributed by atoms with Gasteiger partial charge in [-0.3, -0.25) is 0 Å². The van der Waals surface area contributed by atoms with Crippen molar-refractivity contribution in [3.05, 3.63) is 30.1 Å². The number of hydrogen-bond donors (Lipinski definition) is 3. The molecule has 0 amide bonds. The highest BCUT2D eigenvalue weighted by Crippen LogP contribution is 2.25. The van der Waals surface area contributed by atoms with Gasteiger partial charge in [-0.2, -0.15) is 0 Å². The van der Waals surface area contributed by atoms with Crippen LogP contribution >= 0.6 is 11.8 Å². The van der Waals surface area contributed by atoms with Crippen LogP contribution in [0.15, 0.2) is 29.3 Å². The largest absolute Gasteiger partial charge is 0.475 e. The van der Waals surface area contributed by atoms with Crippen LogP contribution in [-0.2, 0) is 0 Å². The molecule has 19 heavy (non-hydrogen) atoms. The molecule has 0 saturated carbocycles. The molecule has 0 spiro atoms. The molecule has 0 aliphatic rings. The maximum absolute atomic E-state index is 11.0. The number of aromatic carboxylic acids is 1. The third-order valence-corrected chi connectivity index (χ3v) is 3.52. The molecular weight excluding hydrogens is 268 g/mol. The first-order chi connectivity index (χ1) is 9.11. The summed E-state index contributed by atoms with van der Waals surface area (Å²) in [7, 11) is 0. The predicted molar refractivity (Wildman–Crippen MR) is 70.3 cm³/mol. The molecule has 3 N–H and O–H groups in total. The zero-order valence-corrected chi connectivity index (χ0v) is 10.7. The van der Waals surface area contributed by atoms with Crippen molar-refractivity contribution in [1.82, 2.24) is 9.97 Å². The van der Waals surface area contributed by atoms with Crippen LogP contribution < -0.4 is 0 Å². The number of aliphatic hydroxyl groups is 2. The fourth-order valence-electron chi connectivity index (χ4n) is 1.48. The Bertz CT molecular complexity index is 605. The van der Waals surface area contributed by atoms with Crippen molar-refractivity contribution in [3.8, 4) is 0 Å². The molecule has 6 nitrogen and oxygen atoms in total. The lowest BCUT2D eigenvalue weighted by molar-refractivity contribution is 0.0683. The normalized spacial score (nSPS) is 12.5. The van der Waals surface area contributed by atoms with E-state index in [2.05, 4.69) is 9.97 Å². The Balaban J connectivity index is 2.41. The summed E-state index contributed by atoms with van der Waals surface area (Å²) in [6, 6.07) is 7.06. The van der Waals surface area contributed by atoms with Crippen LogP contribution in [-0.4, -0.2) is 49.7 Å². The van der Waals surface area contributed by atoms with Crippen molar-refractivity contribution in [2.75, 3.05) is 12.4 Å². The van der Waals surface area contributed by atoms with E-state index in [4.69, 9.17) is 10.2 Å². The number of aromatic nitrogens is 2. The van der Waals surface area contributed by atoms with Crippen molar-refractivity contribution in [1.29, 1.82) is 0 Å². The van der Waals surface area contributed by atoms with E-state index in [0.717, 1.165) is 5.39 Å². The van der Waals surface area contributed by atoms with Crippen LogP contribution in [0.25, 0.3) is 10.9 Å². The number of carboxylic acid groups (broad SMARTS) is 1. The highest BCUT2D eigenvalue weighted by molar-refractivity contribution is 7.99. The van der Waals surface area contributed by atoms with Crippen molar-refractivity contribution < 1.29 is 20.1 Å². The monoisotopic (exact) mass is 280 g/mol. The molecule has 2 rings (SSSR count). The Hall–Kier alpha value is -1.70. The standard InChI is InChI=1S/C12H12N2O4S/c15-5-7(16)6-19-11-8-3-1-2-4-9(8)13-10(14-11)12(17)18/h1-4,7,15-16H,5-6H2,(H,17,18). The fraction of sp³-hybridized carbons (Fsp3) is 0.250. The van der Waals surface area contributed by atoms with Gasteiger partial charge in [0.25, 0.3) is 0 Å². The Kier molecular flexibility index (Phi) is 4.31. The lowest BCUT2D eigenvalue weighted by Gasteiger charge is -2.08. The van der Waals surface area contributed by atoms with Gasteiger partial charge in [0, 0.05) is 11.1 Å². The molecule has 0 aliphatic heterocycles. The number of nitrogens with zero attached hydrogens (tertiary/aromatic N) is 2. The van der Waals surface area contributed by atoms with E-state index in [1.165, 1.54) is 11.8 Å². The topological polar surface area (TPSA) is 104 Å². The lowest BCUT2D eigenvalue weighted by atomic mass is 10.2. The number of aliphatic hydroxyl groups excluding tert-OH is 2. The number of benzene rings is 1. The molecule has 1 aromatic heterocycles. The quantitative estimate of drug-likeness (QED) is 0.549. The zero-order valence-electron chi connectivity index (χ0n) is 9.85. The Morgan fingerprint density at radius 1 is 1.32 bits per heavy atom. The molecule has 0 aliphatic carbocycles. The minimum absolute atomic E-state index is 0.233. The molecular formula is C12H12N2O4S. The van der Waals surface area contributed by atoms with Gasteiger partial charge in [-0.15, -0.1) is 11.8 Å². The molecule has 0 radical (unpaired) electrons. The molecule has 1 aromatic carbocycles. The Morgan fingerprint density at radius 3 is 2.74 bits per heavy atom. The second-order valence-electron chi connectivity index (χ2n) is 3.82. The van der Waals surface area contributed by atoms with Crippen molar-refractivity contribution in [2.24, 2.45) is 0 Å². The average molecular weight is 280 g/mol. The molecule has 1 unspecified atom stereocenters. The molecule has 2 aromatic rings. The van der Waals surface area contributed by atoms with Crippen molar-refractivity contribution in [2.45, 2.75) is 11.1 Å². The summed E-state index contributed by atoms with van der Waals surface area (Å²) < 4.78 is 0. The Morgan fingerprint density at radius 2 is 2.05 bits per heavy atom. The number of thioether (sulfide) groups is 1. The maximum Gasteiger partial charge on any atom is 0.373 e. The van der Waals surface area contributed by atoms with E-state index in [1.54, 1.807) is 24.3 Å². The summed E-state index contributed by atoms with van der Waals surface area (Å²) in [5.74, 6) is -1.24. The highest BCUT2D eigenvalue weighted by Gasteiger charge is 2.14. The van der Waals surface area contributed by atoms with Crippen molar-refractivity contribution >= 4 is 28.6 Å². The van der Waals surface area contributed by atoms with E-state index in [9.17, 15) is 9.90 Å². The summed E-state index contributed by atoms with van der Waals surface area (Å²) in [6.07, 6.45) is -0.869. The van der Waals surface area contributed by atoms with Crippen LogP contribution in [0, 0.1) is 0 Å². The summed E-state index contributed by atoms with van der Waals surface area (Å²) in [5, 5.41) is 28.3. The first kappa shape index (κ1) is 13.7. The number of para-hydroxylation sites is 1. The summed E-state index contributed by atoms with van der Waals surface area (Å²) >= 11 is 1.19. The Labute approximate surface area is 113 Å². The molecule has 1 atom stereocenters. The van der Waals surface area contributed by atoms with Crippen LogP contribution in [0.4, 0.5) is 0 Å². The average Bonchev–Trinajstić information content (AvgIpc) is 2.43. The number of fused-ring (bicyclic) bond motifs is 1. The van der Waals surface area contributed by atoms with Gasteiger partial charge in [0.15, 0.2) is 0 Å². The van der Waals surface area contributed by atoms with Gasteiger partial charge in [0.05, 0.1) is 18.2 Å². The molecule has 0 saturated heterocycles. The van der Waals surface area contributed by atoms with Gasteiger partial charge in [-0.25, -0.2) is 14.8 Å². The van der Waals surface area contributed by atoms with Crippen LogP contribution in [0.5, 0.6) is 0 Å². The predicted octanol–water partition coefficient (Wildman–Crippen LogP) is 0.773. The van der Waals surface area contributed by atoms with Gasteiger partial charge in [0.1, 0.15) is 5.03 Å². The van der Waals surface area contributed by atoms with Crippen molar-refractivity contribution in [3.63, 3.8) is 0 Å². The fourth-order valence-corrected chi connectivity index (χ4v) is 2.42. The molecule has 1 heterocycles. The van der Waals surface area contributed by atoms with Crippen LogP contribution in [0.3, 0.4) is 0 Å². The van der Waals surface area contributed by atoms with Crippen LogP contribution in [0.2, 0.25) is 0 Å². The van der Waals surface area contributed by atoms with Gasteiger partial charge in [-0.05, 0) is 6.07 Å². The minimum atomic E-state index is -1.20. The molecule has 0 fully saturated rings. The molecule has 0 bridgehead atoms. The molecule has 100 valence electrons. The summed E-state index contributed by atoms with van der Waals surface area (Å²) in [6.45, 7) is -0.345. The van der Waals surface area contributed by atoms with E-state index in [0.29, 0.717) is 10.5 Å². The highest BCUT2D eigenvalue weighted by atomic mass is 32.2. The maximum atomic E-state index is 11.0. The van der Waals surface area contributed by atoms with E-state index >= 15 is 0 Å². The lowest BCUT2D eigenvalue weighted by Crippen LogP contribution is -2.15. The summed E-state index contributed by atoms with van der Waals surface area (Å²) in [5.41, 5.74) is 0.538. The zero-order chi connectivity index (χ0) is 13.8. The molecule has 7 heteroatoms. The second kappa shape index (κ2) is 5.96. The number of rotatable bonds is 5. The SMILES string of the molecule is O=C(O)c1nc(SCC(O)CO)c2ccccc2n1. The third kappa shape index (κ3) is 3.19. The van der Waals surface area contributed by atoms with Gasteiger partial charge in [-0.1, -0.05) is 18.2 Å². The number of carbonyl (C=O) groups is 1. The first-order valence-electron chi connectivity index (χ1n) is 5.53. The first-order valence-corrected chi connectivity index (χ1v) is 6.52. The van der Waals surface area contributed by atoms with Gasteiger partial charge >= 0.3 is 5.97 Å². The third-order valence-electron chi connectivity index (χ3n) is 2.38. The van der Waals surface area contributed by atoms with E-state index in [1.807, 2.05) is 0 Å². The van der Waals surface area contributed by atoms with Gasteiger partial charge in [0.2, 0.25) is 5.82 Å². The minimum Gasteiger partial charge on any atom is -0.475 e. The van der Waals surface area contributed by atoms with Gasteiger partial charge < -0.3 is 15.3 Å².